The molecule has 0 aliphatic carbocycles. The van der Waals surface area contributed by atoms with Crippen molar-refractivity contribution in [3.05, 3.63) is 48.5 Å². The minimum absolute atomic E-state index is 0.0630. The molecule has 0 spiro atoms. The summed E-state index contributed by atoms with van der Waals surface area (Å²) in [6, 6.07) is 15.5. The van der Waals surface area contributed by atoms with E-state index < -0.39 is 0 Å². The monoisotopic (exact) mass is 414 g/mol. The summed E-state index contributed by atoms with van der Waals surface area (Å²) in [6.45, 7) is 3.66. The predicted octanol–water partition coefficient (Wildman–Crippen LogP) is 2.03. The zero-order valence-corrected chi connectivity index (χ0v) is 17.3. The topological polar surface area (TPSA) is 87.9 Å². The highest BCUT2D eigenvalue weighted by Gasteiger charge is 2.20. The summed E-state index contributed by atoms with van der Waals surface area (Å²) in [4.78, 5) is 28.8. The number of hydrogen-bond donors (Lipinski definition) is 2. The van der Waals surface area contributed by atoms with Gasteiger partial charge in [0, 0.05) is 42.8 Å². The minimum Gasteiger partial charge on any atom is -0.497 e. The van der Waals surface area contributed by atoms with Crippen molar-refractivity contribution in [2.24, 2.45) is 5.73 Å². The van der Waals surface area contributed by atoms with Crippen molar-refractivity contribution in [3.63, 3.8) is 0 Å². The molecule has 7 nitrogen and oxygen atoms in total. The number of carbonyl (C=O) groups excluding carboxylic acids is 2. The predicted molar refractivity (Wildman–Crippen MR) is 117 cm³/mol. The van der Waals surface area contributed by atoms with E-state index >= 15 is 0 Å². The van der Waals surface area contributed by atoms with Crippen molar-refractivity contribution >= 4 is 35.0 Å². The van der Waals surface area contributed by atoms with Gasteiger partial charge in [-0.1, -0.05) is 18.2 Å². The van der Waals surface area contributed by atoms with E-state index in [0.29, 0.717) is 12.2 Å². The summed E-state index contributed by atoms with van der Waals surface area (Å²) in [5.41, 5.74) is 7.06. The number of nitrogens with two attached hydrogens (primary N) is 1. The summed E-state index contributed by atoms with van der Waals surface area (Å²) >= 11 is 1.32. The third kappa shape index (κ3) is 6.13. The Hall–Kier alpha value is -2.71. The van der Waals surface area contributed by atoms with Crippen LogP contribution in [0, 0.1) is 0 Å². The molecule has 3 N–H and O–H groups in total. The fraction of sp³-hybridized carbons (Fsp3) is 0.333. The van der Waals surface area contributed by atoms with Crippen molar-refractivity contribution in [2.75, 3.05) is 55.8 Å². The summed E-state index contributed by atoms with van der Waals surface area (Å²) in [5, 5.41) is 2.96. The zero-order valence-electron chi connectivity index (χ0n) is 16.5. The van der Waals surface area contributed by atoms with Crippen LogP contribution in [-0.4, -0.2) is 62.3 Å². The van der Waals surface area contributed by atoms with Crippen molar-refractivity contribution in [1.29, 1.82) is 0 Å². The van der Waals surface area contributed by atoms with Gasteiger partial charge in [0.1, 0.15) is 5.75 Å². The van der Waals surface area contributed by atoms with Crippen molar-refractivity contribution < 1.29 is 14.3 Å². The van der Waals surface area contributed by atoms with Crippen molar-refractivity contribution in [1.82, 2.24) is 4.90 Å². The molecular weight excluding hydrogens is 388 g/mol. The molecule has 1 fully saturated rings. The summed E-state index contributed by atoms with van der Waals surface area (Å²) in [6.07, 6.45) is 0. The maximum atomic E-state index is 12.5. The first kappa shape index (κ1) is 21.0. The molecule has 2 aromatic rings. The van der Waals surface area contributed by atoms with Gasteiger partial charge in [-0.25, -0.2) is 0 Å². The van der Waals surface area contributed by atoms with Gasteiger partial charge in [0.2, 0.25) is 11.8 Å². The lowest BCUT2D eigenvalue weighted by Crippen LogP contribution is -2.48. The number of piperazine rings is 1. The maximum absolute atomic E-state index is 12.5. The van der Waals surface area contributed by atoms with Gasteiger partial charge >= 0.3 is 0 Å². The van der Waals surface area contributed by atoms with Crippen LogP contribution >= 0.6 is 11.8 Å². The lowest BCUT2D eigenvalue weighted by atomic mass is 10.2. The number of primary amides is 1. The van der Waals surface area contributed by atoms with Crippen LogP contribution in [0.4, 0.5) is 11.4 Å². The molecule has 0 bridgehead atoms. The number of thioether (sulfide) groups is 1. The van der Waals surface area contributed by atoms with Crippen LogP contribution in [0.1, 0.15) is 0 Å². The van der Waals surface area contributed by atoms with E-state index in [0.717, 1.165) is 42.5 Å². The summed E-state index contributed by atoms with van der Waals surface area (Å²) < 4.78 is 5.30. The van der Waals surface area contributed by atoms with E-state index in [-0.39, 0.29) is 17.6 Å². The van der Waals surface area contributed by atoms with Gasteiger partial charge in [-0.2, -0.15) is 0 Å². The Morgan fingerprint density at radius 1 is 1.10 bits per heavy atom. The number of benzene rings is 2. The highest BCUT2D eigenvalue weighted by atomic mass is 32.2. The Labute approximate surface area is 175 Å². The van der Waals surface area contributed by atoms with Crippen molar-refractivity contribution in [3.8, 4) is 5.75 Å². The smallest absolute Gasteiger partial charge is 0.238 e. The number of nitrogens with one attached hydrogen (secondary N) is 1. The average Bonchev–Trinajstić information content (AvgIpc) is 2.73. The Morgan fingerprint density at radius 3 is 2.59 bits per heavy atom. The lowest BCUT2D eigenvalue weighted by molar-refractivity contribution is -0.117. The normalized spacial score (nSPS) is 14.4. The largest absolute Gasteiger partial charge is 0.497 e. The third-order valence-corrected chi connectivity index (χ3v) is 5.78. The van der Waals surface area contributed by atoms with Crippen molar-refractivity contribution in [2.45, 2.75) is 4.90 Å². The number of anilines is 2. The van der Waals surface area contributed by atoms with Gasteiger partial charge in [0.05, 0.1) is 25.1 Å². The van der Waals surface area contributed by atoms with E-state index in [1.165, 1.54) is 11.8 Å². The molecule has 3 rings (SSSR count). The van der Waals surface area contributed by atoms with Crippen LogP contribution in [0.25, 0.3) is 0 Å². The number of hydrogen-bond acceptors (Lipinski definition) is 6. The van der Waals surface area contributed by atoms with Crippen LogP contribution < -0.4 is 20.7 Å². The Kier molecular flexibility index (Phi) is 7.37. The zero-order chi connectivity index (χ0) is 20.6. The number of rotatable bonds is 8. The Bertz CT molecular complexity index is 853. The number of ether oxygens (including phenoxy) is 1. The molecule has 8 heteroatoms. The molecule has 0 unspecified atom stereocenters. The first-order valence-corrected chi connectivity index (χ1v) is 10.4. The second kappa shape index (κ2) is 10.2. The molecule has 1 aliphatic heterocycles. The standard InChI is InChI=1S/C21H26N4O3S/c1-28-17-6-4-5-16(13-17)25-11-9-24(10-12-25)14-21(27)23-18-7-2-3-8-19(18)29-15-20(22)26/h2-8,13H,9-12,14-15H2,1H3,(H2,22,26)(H,23,27). The quantitative estimate of drug-likeness (QED) is 0.643. The number of amides is 2. The van der Waals surface area contributed by atoms with Crippen LogP contribution in [0.3, 0.4) is 0 Å². The van der Waals surface area contributed by atoms with E-state index in [9.17, 15) is 9.59 Å². The highest BCUT2D eigenvalue weighted by molar-refractivity contribution is 8.00. The van der Waals surface area contributed by atoms with Crippen LogP contribution in [-0.2, 0) is 9.59 Å². The molecule has 1 heterocycles. The van der Waals surface area contributed by atoms with Crippen LogP contribution in [0.15, 0.2) is 53.4 Å². The molecule has 29 heavy (non-hydrogen) atoms. The molecule has 0 saturated carbocycles. The Morgan fingerprint density at radius 2 is 1.86 bits per heavy atom. The molecule has 0 aromatic heterocycles. The number of nitrogens with zero attached hydrogens (tertiary/aromatic N) is 2. The maximum Gasteiger partial charge on any atom is 0.238 e. The number of carbonyl (C=O) groups is 2. The molecule has 2 amide bonds. The Balaban J connectivity index is 1.51. The molecule has 1 saturated heterocycles. The second-order valence-electron chi connectivity index (χ2n) is 6.76. The molecule has 2 aromatic carbocycles. The lowest BCUT2D eigenvalue weighted by Gasteiger charge is -2.35. The van der Waals surface area contributed by atoms with E-state index in [2.05, 4.69) is 21.2 Å². The first-order valence-electron chi connectivity index (χ1n) is 9.46. The van der Waals surface area contributed by atoms with E-state index in [1.54, 1.807) is 7.11 Å². The molecule has 0 atom stereocenters. The van der Waals surface area contributed by atoms with Gasteiger partial charge < -0.3 is 20.7 Å². The molecular formula is C21H26N4O3S. The third-order valence-electron chi connectivity index (χ3n) is 4.69. The van der Waals surface area contributed by atoms with Gasteiger partial charge in [-0.15, -0.1) is 11.8 Å². The summed E-state index contributed by atoms with van der Waals surface area (Å²) in [7, 11) is 1.67. The number of para-hydroxylation sites is 1. The SMILES string of the molecule is COc1cccc(N2CCN(CC(=O)Nc3ccccc3SCC(N)=O)CC2)c1. The van der Waals surface area contributed by atoms with Crippen LogP contribution in [0.2, 0.25) is 0 Å². The molecule has 1 aliphatic rings. The van der Waals surface area contributed by atoms with Gasteiger partial charge in [0.25, 0.3) is 0 Å². The molecule has 154 valence electrons. The van der Waals surface area contributed by atoms with E-state index in [4.69, 9.17) is 10.5 Å². The fourth-order valence-electron chi connectivity index (χ4n) is 3.21. The second-order valence-corrected chi connectivity index (χ2v) is 7.78. The van der Waals surface area contributed by atoms with Gasteiger partial charge in [-0.05, 0) is 24.3 Å². The van der Waals surface area contributed by atoms with Gasteiger partial charge in [0.15, 0.2) is 0 Å². The number of methoxy groups -OCH3 is 1. The van der Waals surface area contributed by atoms with E-state index in [1.807, 2.05) is 42.5 Å². The molecule has 0 radical (unpaired) electrons. The average molecular weight is 415 g/mol. The van der Waals surface area contributed by atoms with Crippen LogP contribution in [0.5, 0.6) is 5.75 Å². The van der Waals surface area contributed by atoms with Gasteiger partial charge in [-0.3, -0.25) is 14.5 Å². The minimum atomic E-state index is -0.384. The summed E-state index contributed by atoms with van der Waals surface area (Å²) in [5.74, 6) is 0.577. The first-order chi connectivity index (χ1) is 14.0. The highest BCUT2D eigenvalue weighted by Crippen LogP contribution is 2.27. The fourth-order valence-corrected chi connectivity index (χ4v) is 3.96.